The Labute approximate surface area is 138 Å². The second kappa shape index (κ2) is 7.11. The fourth-order valence-corrected chi connectivity index (χ4v) is 3.51. The molecule has 0 aliphatic carbocycles. The summed E-state index contributed by atoms with van der Waals surface area (Å²) in [6.45, 7) is 7.68. The van der Waals surface area contributed by atoms with Crippen LogP contribution in [0, 0.1) is 0 Å². The van der Waals surface area contributed by atoms with E-state index in [0.717, 1.165) is 57.5 Å². The molecular weight excluding hydrogens is 292 g/mol. The van der Waals surface area contributed by atoms with Gasteiger partial charge in [-0.05, 0) is 39.5 Å². The molecule has 6 heteroatoms. The van der Waals surface area contributed by atoms with Crippen molar-refractivity contribution in [1.29, 1.82) is 0 Å². The Morgan fingerprint density at radius 1 is 1.35 bits per heavy atom. The van der Waals surface area contributed by atoms with Crippen LogP contribution in [-0.2, 0) is 11.3 Å². The first kappa shape index (κ1) is 16.6. The van der Waals surface area contributed by atoms with Crippen LogP contribution in [0.25, 0.3) is 0 Å². The summed E-state index contributed by atoms with van der Waals surface area (Å²) in [5.41, 5.74) is 0.830. The predicted octanol–water partition coefficient (Wildman–Crippen LogP) is 1.80. The van der Waals surface area contributed by atoms with E-state index in [2.05, 4.69) is 34.0 Å². The van der Waals surface area contributed by atoms with Crippen molar-refractivity contribution in [1.82, 2.24) is 14.9 Å². The SMILES string of the molecule is CC(C)Nc1ncc(CN2CCC3(CC2)OCCCC3O)cn1. The molecule has 2 N–H and O–H groups in total. The Hall–Kier alpha value is -1.24. The maximum absolute atomic E-state index is 10.3. The van der Waals surface area contributed by atoms with Crippen molar-refractivity contribution in [3.63, 3.8) is 0 Å². The van der Waals surface area contributed by atoms with Crippen molar-refractivity contribution in [2.45, 2.75) is 63.8 Å². The van der Waals surface area contributed by atoms with Crippen molar-refractivity contribution in [3.05, 3.63) is 18.0 Å². The minimum atomic E-state index is -0.303. The van der Waals surface area contributed by atoms with Crippen LogP contribution in [0.15, 0.2) is 12.4 Å². The van der Waals surface area contributed by atoms with Gasteiger partial charge in [-0.25, -0.2) is 9.97 Å². The summed E-state index contributed by atoms with van der Waals surface area (Å²) in [7, 11) is 0. The van der Waals surface area contributed by atoms with Crippen LogP contribution in [-0.4, -0.2) is 57.4 Å². The lowest BCUT2D eigenvalue weighted by Crippen LogP contribution is -2.55. The molecular formula is C17H28N4O2. The van der Waals surface area contributed by atoms with Crippen LogP contribution in [0.2, 0.25) is 0 Å². The third-order valence-electron chi connectivity index (χ3n) is 4.85. The van der Waals surface area contributed by atoms with E-state index in [1.807, 2.05) is 12.4 Å². The van der Waals surface area contributed by atoms with Gasteiger partial charge in [0.25, 0.3) is 0 Å². The van der Waals surface area contributed by atoms with E-state index in [4.69, 9.17) is 4.74 Å². The predicted molar refractivity (Wildman–Crippen MR) is 89.2 cm³/mol. The molecule has 0 amide bonds. The second-order valence-electron chi connectivity index (χ2n) is 7.06. The van der Waals surface area contributed by atoms with Crippen molar-refractivity contribution in [2.24, 2.45) is 0 Å². The number of anilines is 1. The van der Waals surface area contributed by atoms with Gasteiger partial charge >= 0.3 is 0 Å². The average Bonchev–Trinajstić information content (AvgIpc) is 2.54. The number of likely N-dealkylation sites (tertiary alicyclic amines) is 1. The highest BCUT2D eigenvalue weighted by atomic mass is 16.5. The average molecular weight is 320 g/mol. The minimum absolute atomic E-state index is 0.295. The van der Waals surface area contributed by atoms with Crippen LogP contribution in [0.3, 0.4) is 0 Å². The summed E-state index contributed by atoms with van der Waals surface area (Å²) in [6, 6.07) is 0.334. The molecule has 2 aliphatic rings. The smallest absolute Gasteiger partial charge is 0.222 e. The number of aliphatic hydroxyl groups is 1. The van der Waals surface area contributed by atoms with Gasteiger partial charge in [-0.15, -0.1) is 0 Å². The Balaban J connectivity index is 1.52. The van der Waals surface area contributed by atoms with Crippen molar-refractivity contribution in [2.75, 3.05) is 25.0 Å². The van der Waals surface area contributed by atoms with E-state index in [1.54, 1.807) is 0 Å². The topological polar surface area (TPSA) is 70.5 Å². The first-order valence-electron chi connectivity index (χ1n) is 8.69. The molecule has 3 heterocycles. The molecule has 1 atom stereocenters. The first-order valence-corrected chi connectivity index (χ1v) is 8.69. The van der Waals surface area contributed by atoms with Crippen LogP contribution in [0.4, 0.5) is 5.95 Å². The van der Waals surface area contributed by atoms with Crippen molar-refractivity contribution < 1.29 is 9.84 Å². The van der Waals surface area contributed by atoms with E-state index in [1.165, 1.54) is 0 Å². The van der Waals surface area contributed by atoms with Crippen molar-refractivity contribution >= 4 is 5.95 Å². The number of hydrogen-bond acceptors (Lipinski definition) is 6. The third-order valence-corrected chi connectivity index (χ3v) is 4.85. The Morgan fingerprint density at radius 3 is 2.65 bits per heavy atom. The lowest BCUT2D eigenvalue weighted by molar-refractivity contribution is -0.177. The molecule has 0 saturated carbocycles. The molecule has 1 aromatic rings. The molecule has 128 valence electrons. The maximum atomic E-state index is 10.3. The Kier molecular flexibility index (Phi) is 5.14. The van der Waals surface area contributed by atoms with Crippen LogP contribution >= 0.6 is 0 Å². The van der Waals surface area contributed by atoms with Gasteiger partial charge in [0.15, 0.2) is 0 Å². The third kappa shape index (κ3) is 4.00. The van der Waals surface area contributed by atoms with Crippen molar-refractivity contribution in [3.8, 4) is 0 Å². The highest BCUT2D eigenvalue weighted by Gasteiger charge is 2.43. The lowest BCUT2D eigenvalue weighted by atomic mass is 9.82. The maximum Gasteiger partial charge on any atom is 0.222 e. The zero-order chi connectivity index (χ0) is 16.3. The fourth-order valence-electron chi connectivity index (χ4n) is 3.51. The standard InChI is InChI=1S/C17H28N4O2/c1-13(2)20-16-18-10-14(11-19-16)12-21-7-5-17(6-8-21)15(22)4-3-9-23-17/h10-11,13,15,22H,3-9,12H2,1-2H3,(H,18,19,20). The molecule has 1 aromatic heterocycles. The Bertz CT molecular complexity index is 498. The van der Waals surface area contributed by atoms with Gasteiger partial charge in [0, 0.05) is 50.2 Å². The van der Waals surface area contributed by atoms with Crippen LogP contribution < -0.4 is 5.32 Å². The summed E-state index contributed by atoms with van der Waals surface area (Å²) in [5, 5.41) is 13.5. The minimum Gasteiger partial charge on any atom is -0.390 e. The van der Waals surface area contributed by atoms with Gasteiger partial charge in [0.05, 0.1) is 11.7 Å². The molecule has 1 spiro atoms. The Morgan fingerprint density at radius 2 is 2.04 bits per heavy atom. The summed E-state index contributed by atoms with van der Waals surface area (Å²) in [5.74, 6) is 0.681. The number of aromatic nitrogens is 2. The number of rotatable bonds is 4. The zero-order valence-electron chi connectivity index (χ0n) is 14.2. The normalized spacial score (nSPS) is 25.0. The number of piperidine rings is 1. The lowest BCUT2D eigenvalue weighted by Gasteiger charge is -2.46. The number of nitrogens with one attached hydrogen (secondary N) is 1. The largest absolute Gasteiger partial charge is 0.390 e. The van der Waals surface area contributed by atoms with Gasteiger partial charge in [0.2, 0.25) is 5.95 Å². The molecule has 0 aromatic carbocycles. The van der Waals surface area contributed by atoms with Gasteiger partial charge < -0.3 is 15.2 Å². The van der Waals surface area contributed by atoms with Gasteiger partial charge in [-0.1, -0.05) is 0 Å². The van der Waals surface area contributed by atoms with Crippen LogP contribution in [0.5, 0.6) is 0 Å². The number of aliphatic hydroxyl groups excluding tert-OH is 1. The van der Waals surface area contributed by atoms with E-state index in [-0.39, 0.29) is 11.7 Å². The van der Waals surface area contributed by atoms with E-state index < -0.39 is 0 Å². The van der Waals surface area contributed by atoms with Gasteiger partial charge in [-0.2, -0.15) is 0 Å². The molecule has 0 bridgehead atoms. The van der Waals surface area contributed by atoms with Gasteiger partial charge in [0.1, 0.15) is 0 Å². The monoisotopic (exact) mass is 320 g/mol. The molecule has 23 heavy (non-hydrogen) atoms. The second-order valence-corrected chi connectivity index (χ2v) is 7.06. The highest BCUT2D eigenvalue weighted by molar-refractivity contribution is 5.25. The number of ether oxygens (including phenoxy) is 1. The van der Waals surface area contributed by atoms with E-state index >= 15 is 0 Å². The summed E-state index contributed by atoms with van der Waals surface area (Å²) < 4.78 is 5.96. The summed E-state index contributed by atoms with van der Waals surface area (Å²) in [6.07, 6.45) is 7.15. The van der Waals surface area contributed by atoms with Crippen LogP contribution in [0.1, 0.15) is 45.1 Å². The molecule has 1 unspecified atom stereocenters. The summed E-state index contributed by atoms with van der Waals surface area (Å²) in [4.78, 5) is 11.1. The van der Waals surface area contributed by atoms with E-state index in [9.17, 15) is 5.11 Å². The number of hydrogen-bond donors (Lipinski definition) is 2. The summed E-state index contributed by atoms with van der Waals surface area (Å²) >= 11 is 0. The highest BCUT2D eigenvalue weighted by Crippen LogP contribution is 2.35. The molecule has 0 radical (unpaired) electrons. The molecule has 2 fully saturated rings. The fraction of sp³-hybridized carbons (Fsp3) is 0.765. The molecule has 2 saturated heterocycles. The zero-order valence-corrected chi connectivity index (χ0v) is 14.2. The van der Waals surface area contributed by atoms with E-state index in [0.29, 0.717) is 12.0 Å². The number of nitrogens with zero attached hydrogens (tertiary/aromatic N) is 3. The first-order chi connectivity index (χ1) is 11.1. The quantitative estimate of drug-likeness (QED) is 0.881. The molecule has 6 nitrogen and oxygen atoms in total. The molecule has 3 rings (SSSR count). The van der Waals surface area contributed by atoms with Gasteiger partial charge in [-0.3, -0.25) is 4.90 Å². The molecule has 2 aliphatic heterocycles.